The van der Waals surface area contributed by atoms with Crippen LogP contribution in [0.4, 0.5) is 0 Å². The molecule has 1 aliphatic heterocycles. The molecule has 11 atom stereocenters. The van der Waals surface area contributed by atoms with Gasteiger partial charge in [0.1, 0.15) is 60.1 Å². The number of fused-ring (bicyclic) bond motifs is 1. The molecular weight excluding hydrogens is 1210 g/mol. The minimum Gasteiger partial charge on any atom is -0.508 e. The number of nitrogens with two attached hydrogens (primary N) is 4. The van der Waals surface area contributed by atoms with Gasteiger partial charge in [0.2, 0.25) is 59.1 Å². The summed E-state index contributed by atoms with van der Waals surface area (Å²) in [4.78, 5) is 162. The van der Waals surface area contributed by atoms with Crippen LogP contribution in [0, 0.1) is 17.8 Å². The molecule has 2 heterocycles. The van der Waals surface area contributed by atoms with Gasteiger partial charge in [0.15, 0.2) is 5.96 Å². The number of para-hydroxylation sites is 1. The van der Waals surface area contributed by atoms with Crippen LogP contribution in [0.5, 0.6) is 5.75 Å². The van der Waals surface area contributed by atoms with Gasteiger partial charge in [-0.25, -0.2) is 4.79 Å². The second-order valence-electron chi connectivity index (χ2n) is 24.8. The lowest BCUT2D eigenvalue weighted by atomic mass is 9.97. The van der Waals surface area contributed by atoms with Gasteiger partial charge in [-0.2, -0.15) is 0 Å². The van der Waals surface area contributed by atoms with Crippen molar-refractivity contribution in [1.82, 2.24) is 52.4 Å². The molecule has 94 heavy (non-hydrogen) atoms. The zero-order valence-electron chi connectivity index (χ0n) is 54.2. The Morgan fingerprint density at radius 3 is 1.71 bits per heavy atom. The number of aliphatic carboxylic acids is 1. The second kappa shape index (κ2) is 36.0. The van der Waals surface area contributed by atoms with Crippen LogP contribution in [0.1, 0.15) is 110 Å². The van der Waals surface area contributed by atoms with Crippen LogP contribution in [0.25, 0.3) is 10.9 Å². The zero-order chi connectivity index (χ0) is 69.5. The highest BCUT2D eigenvalue weighted by Crippen LogP contribution is 2.24. The molecule has 0 aliphatic carbocycles. The quantitative estimate of drug-likeness (QED) is 0.0151. The fraction of sp³-hybridized carbons (Fsp3) is 0.508. The van der Waals surface area contributed by atoms with E-state index in [0.717, 1.165) is 0 Å². The lowest BCUT2D eigenvalue weighted by Gasteiger charge is -2.32. The Bertz CT molecular complexity index is 3300. The van der Waals surface area contributed by atoms with Gasteiger partial charge in [0.25, 0.3) is 0 Å². The highest BCUT2D eigenvalue weighted by atomic mass is 16.4. The smallest absolute Gasteiger partial charge is 0.326 e. The number of aliphatic imine (C=N–C) groups is 1. The summed E-state index contributed by atoms with van der Waals surface area (Å²) >= 11 is 0. The first-order valence-electron chi connectivity index (χ1n) is 31.5. The maximum Gasteiger partial charge on any atom is 0.326 e. The first-order chi connectivity index (χ1) is 44.4. The number of aliphatic hydroxyl groups is 1. The van der Waals surface area contributed by atoms with Crippen molar-refractivity contribution in [2.24, 2.45) is 45.7 Å². The van der Waals surface area contributed by atoms with Gasteiger partial charge < -0.3 is 90.7 Å². The van der Waals surface area contributed by atoms with Crippen molar-refractivity contribution in [3.05, 3.63) is 102 Å². The molecule has 10 amide bonds. The second-order valence-corrected chi connectivity index (χ2v) is 24.8. The van der Waals surface area contributed by atoms with E-state index in [4.69, 9.17) is 22.9 Å². The monoisotopic (exact) mass is 1310 g/mol. The van der Waals surface area contributed by atoms with Gasteiger partial charge in [-0.15, -0.1) is 0 Å². The number of phenols is 1. The van der Waals surface area contributed by atoms with Crippen molar-refractivity contribution >= 4 is 81.9 Å². The fourth-order valence-corrected chi connectivity index (χ4v) is 10.9. The molecule has 0 spiro atoms. The largest absolute Gasteiger partial charge is 0.508 e. The van der Waals surface area contributed by atoms with E-state index >= 15 is 4.79 Å². The number of likely N-dealkylation sites (tertiary alicyclic amines) is 1. The Balaban J connectivity index is 1.41. The number of benzene rings is 3. The number of aromatic hydroxyl groups is 1. The summed E-state index contributed by atoms with van der Waals surface area (Å²) in [6.45, 7) is 11.8. The molecule has 1 fully saturated rings. The van der Waals surface area contributed by atoms with Crippen LogP contribution < -0.4 is 65.5 Å². The van der Waals surface area contributed by atoms with Crippen molar-refractivity contribution in [1.29, 1.82) is 0 Å². The van der Waals surface area contributed by atoms with Crippen LogP contribution in [-0.4, -0.2) is 176 Å². The molecule has 0 radical (unpaired) electrons. The highest BCUT2D eigenvalue weighted by Gasteiger charge is 2.42. The number of rotatable bonds is 36. The molecule has 20 N–H and O–H groups in total. The normalized spacial score (nSPS) is 16.2. The fourth-order valence-electron chi connectivity index (χ4n) is 10.9. The van der Waals surface area contributed by atoms with Crippen LogP contribution in [0.15, 0.2) is 90.1 Å². The number of H-pyrrole nitrogens is 1. The Labute approximate surface area is 545 Å². The first-order valence-corrected chi connectivity index (χ1v) is 31.5. The SMILES string of the molecule is CC(C)CC(N)C(=O)NC(C(=O)NC(C(=O)NC(Cc1ccc(O)cc1)C(=O)N1CCCC1C(=O)NC(Cc1c[nH]c2ccccc12)C(=O)NC(C(=O)NC(CCC(N)=O)C(=O)NC(CCCN=C(N)N)C(=O)NC(Cc1ccccc1)C(=O)O)C(C)O)C(C)C)C(C)C. The summed E-state index contributed by atoms with van der Waals surface area (Å²) < 4.78 is 0. The molecule has 3 aromatic carbocycles. The minimum atomic E-state index is -1.87. The number of carbonyl (C=O) groups is 11. The number of carboxylic acids is 1. The van der Waals surface area contributed by atoms with E-state index in [2.05, 4.69) is 52.5 Å². The van der Waals surface area contributed by atoms with E-state index in [0.29, 0.717) is 40.4 Å². The zero-order valence-corrected chi connectivity index (χ0v) is 54.2. The van der Waals surface area contributed by atoms with Crippen LogP contribution in [0.3, 0.4) is 0 Å². The van der Waals surface area contributed by atoms with Gasteiger partial charge in [0.05, 0.1) is 12.1 Å². The number of guanidine groups is 1. The molecule has 5 rings (SSSR count). The maximum atomic E-state index is 15.1. The molecule has 29 nitrogen and oxygen atoms in total. The number of carboxylic acid groups (broad SMARTS) is 1. The van der Waals surface area contributed by atoms with E-state index in [1.54, 1.807) is 101 Å². The summed E-state index contributed by atoms with van der Waals surface area (Å²) in [5, 5.41) is 53.1. The van der Waals surface area contributed by atoms with E-state index in [-0.39, 0.29) is 69.2 Å². The molecule has 1 saturated heterocycles. The number of carbonyl (C=O) groups excluding carboxylic acids is 10. The average Bonchev–Trinajstić information content (AvgIpc) is 1.60. The molecule has 1 aliphatic rings. The molecule has 11 unspecified atom stereocenters. The molecule has 0 saturated carbocycles. The van der Waals surface area contributed by atoms with E-state index in [9.17, 15) is 63.3 Å². The molecule has 0 bridgehead atoms. The number of hydrogen-bond acceptors (Lipinski definition) is 15. The Hall–Kier alpha value is -9.64. The number of nitrogens with one attached hydrogen (secondary N) is 9. The molecule has 512 valence electrons. The van der Waals surface area contributed by atoms with Gasteiger partial charge in [-0.1, -0.05) is 102 Å². The van der Waals surface area contributed by atoms with Gasteiger partial charge in [0, 0.05) is 55.9 Å². The number of nitrogens with zero attached hydrogens (tertiary/aromatic N) is 2. The molecular formula is C65H93N15O14. The van der Waals surface area contributed by atoms with E-state index in [1.165, 1.54) is 24.0 Å². The molecule has 29 heteroatoms. The predicted octanol–water partition coefficient (Wildman–Crippen LogP) is -0.759. The average molecular weight is 1310 g/mol. The number of phenolic OH excluding ortho intramolecular Hbond substituents is 1. The van der Waals surface area contributed by atoms with Crippen molar-refractivity contribution in [3.63, 3.8) is 0 Å². The molecule has 1 aromatic heterocycles. The third-order valence-electron chi connectivity index (χ3n) is 16.0. The van der Waals surface area contributed by atoms with Crippen molar-refractivity contribution in [2.45, 2.75) is 179 Å². The number of aliphatic hydroxyl groups excluding tert-OH is 1. The summed E-state index contributed by atoms with van der Waals surface area (Å²) in [6.07, 6.45) is -0.841. The first kappa shape index (κ1) is 75.1. The number of amides is 10. The van der Waals surface area contributed by atoms with Crippen LogP contribution in [-0.2, 0) is 72.0 Å². The lowest BCUT2D eigenvalue weighted by molar-refractivity contribution is -0.143. The van der Waals surface area contributed by atoms with Crippen LogP contribution >= 0.6 is 0 Å². The molecule has 4 aromatic rings. The van der Waals surface area contributed by atoms with Crippen LogP contribution in [0.2, 0.25) is 0 Å². The Morgan fingerprint density at radius 1 is 0.596 bits per heavy atom. The van der Waals surface area contributed by atoms with E-state index in [1.807, 2.05) is 13.8 Å². The number of aromatic nitrogens is 1. The van der Waals surface area contributed by atoms with Crippen molar-refractivity contribution in [2.75, 3.05) is 13.1 Å². The van der Waals surface area contributed by atoms with Crippen molar-refractivity contribution < 1.29 is 68.1 Å². The van der Waals surface area contributed by atoms with Crippen molar-refractivity contribution in [3.8, 4) is 5.75 Å². The standard InChI is InChI=1S/C65H93N15O14/c1-34(2)29-43(66)55(84)77-53(36(5)6)61(90)78-52(35(3)4)60(89)75-48(30-39-21-23-41(82)24-22-39)63(92)80-28-14-20-50(80)59(88)74-47(32-40-33-71-44-18-12-11-17-42(40)44)58(87)79-54(37(7)81)62(91)73-46(25-26-51(67)83)57(86)72-45(19-13-27-70-65(68)69)56(85)76-49(64(93)94)31-38-15-9-8-10-16-38/h8-12,15-18,21-24,33-37,43,45-50,52-54,71,81-82H,13-14,19-20,25-32,66H2,1-7H3,(H2,67,83)(H,72,86)(H,73,91)(H,74,88)(H,75,89)(H,76,85)(H,77,84)(H,78,90)(H,79,87)(H,93,94)(H4,68,69,70). The summed E-state index contributed by atoms with van der Waals surface area (Å²) in [5.74, 6) is -11.1. The van der Waals surface area contributed by atoms with Gasteiger partial charge in [-0.3, -0.25) is 52.9 Å². The topological polar surface area (TPSA) is 480 Å². The van der Waals surface area contributed by atoms with E-state index < -0.39 is 156 Å². The summed E-state index contributed by atoms with van der Waals surface area (Å²) in [5.41, 5.74) is 24.9. The number of primary amides is 1. The number of hydrogen-bond donors (Lipinski definition) is 16. The minimum absolute atomic E-state index is 0.00447. The van der Waals surface area contributed by atoms with Gasteiger partial charge in [-0.05, 0) is 98.1 Å². The Kier molecular flexibility index (Phi) is 28.7. The predicted molar refractivity (Wildman–Crippen MR) is 349 cm³/mol. The summed E-state index contributed by atoms with van der Waals surface area (Å²) in [6, 6.07) is 7.57. The maximum absolute atomic E-state index is 15.1. The Morgan fingerprint density at radius 2 is 1.12 bits per heavy atom. The van der Waals surface area contributed by atoms with Gasteiger partial charge >= 0.3 is 5.97 Å². The number of aromatic amines is 1. The highest BCUT2D eigenvalue weighted by molar-refractivity contribution is 5.99. The third-order valence-corrected chi connectivity index (χ3v) is 16.0. The third kappa shape index (κ3) is 22.9. The lowest BCUT2D eigenvalue weighted by Crippen LogP contribution is -2.62. The summed E-state index contributed by atoms with van der Waals surface area (Å²) in [7, 11) is 0.